The first-order valence-corrected chi connectivity index (χ1v) is 8.82. The fourth-order valence-corrected chi connectivity index (χ4v) is 2.67. The third kappa shape index (κ3) is 4.90. The van der Waals surface area contributed by atoms with E-state index in [1.54, 1.807) is 35.3 Å². The van der Waals surface area contributed by atoms with Crippen LogP contribution in [0.2, 0.25) is 5.02 Å². The SMILES string of the molecule is CCOCn1cc(NC(=O)c2ccc(COc3c(C)cccc3Cl)o2)cn1. The number of furan rings is 1. The number of benzene rings is 1. The minimum Gasteiger partial charge on any atom is -0.484 e. The van der Waals surface area contributed by atoms with Gasteiger partial charge in [-0.15, -0.1) is 0 Å². The van der Waals surface area contributed by atoms with Crippen LogP contribution in [-0.2, 0) is 18.1 Å². The molecule has 1 aromatic carbocycles. The number of hydrogen-bond donors (Lipinski definition) is 1. The highest BCUT2D eigenvalue weighted by molar-refractivity contribution is 6.32. The lowest BCUT2D eigenvalue weighted by molar-refractivity contribution is 0.0792. The summed E-state index contributed by atoms with van der Waals surface area (Å²) in [6.45, 7) is 4.90. The number of carbonyl (C=O) groups excluding carboxylic acids is 1. The van der Waals surface area contributed by atoms with Crippen LogP contribution in [0.3, 0.4) is 0 Å². The van der Waals surface area contributed by atoms with Crippen LogP contribution in [0.25, 0.3) is 0 Å². The maximum Gasteiger partial charge on any atom is 0.291 e. The molecule has 0 aliphatic carbocycles. The number of amides is 1. The fourth-order valence-electron chi connectivity index (χ4n) is 2.40. The van der Waals surface area contributed by atoms with Crippen molar-refractivity contribution in [3.8, 4) is 5.75 Å². The predicted octanol–water partition coefficient (Wildman–Crippen LogP) is 4.26. The van der Waals surface area contributed by atoms with Crippen molar-refractivity contribution in [1.29, 1.82) is 0 Å². The van der Waals surface area contributed by atoms with Gasteiger partial charge in [-0.2, -0.15) is 5.10 Å². The van der Waals surface area contributed by atoms with Crippen molar-refractivity contribution >= 4 is 23.2 Å². The van der Waals surface area contributed by atoms with E-state index in [0.29, 0.717) is 35.6 Å². The number of anilines is 1. The van der Waals surface area contributed by atoms with E-state index < -0.39 is 0 Å². The number of nitrogens with one attached hydrogen (secondary N) is 1. The van der Waals surface area contributed by atoms with Crippen LogP contribution >= 0.6 is 11.6 Å². The number of para-hydroxylation sites is 1. The zero-order valence-electron chi connectivity index (χ0n) is 15.1. The van der Waals surface area contributed by atoms with Crippen LogP contribution in [0.5, 0.6) is 5.75 Å². The van der Waals surface area contributed by atoms with Gasteiger partial charge in [0.2, 0.25) is 0 Å². The molecule has 1 N–H and O–H groups in total. The molecule has 3 aromatic rings. The van der Waals surface area contributed by atoms with Crippen molar-refractivity contribution in [1.82, 2.24) is 9.78 Å². The molecule has 2 heterocycles. The first kappa shape index (κ1) is 19.0. The Morgan fingerprint density at radius 2 is 2.19 bits per heavy atom. The zero-order chi connectivity index (χ0) is 19.2. The van der Waals surface area contributed by atoms with Crippen LogP contribution in [0, 0.1) is 6.92 Å². The van der Waals surface area contributed by atoms with Gasteiger partial charge in [0, 0.05) is 6.61 Å². The molecule has 0 radical (unpaired) electrons. The van der Waals surface area contributed by atoms with Crippen LogP contribution in [0.4, 0.5) is 5.69 Å². The van der Waals surface area contributed by atoms with Gasteiger partial charge in [0.1, 0.15) is 24.8 Å². The topological polar surface area (TPSA) is 78.5 Å². The monoisotopic (exact) mass is 389 g/mol. The molecule has 2 aromatic heterocycles. The molecular formula is C19H20ClN3O4. The maximum absolute atomic E-state index is 12.3. The summed E-state index contributed by atoms with van der Waals surface area (Å²) in [5.41, 5.74) is 1.48. The summed E-state index contributed by atoms with van der Waals surface area (Å²) in [6.07, 6.45) is 3.23. The standard InChI is InChI=1S/C19H20ClN3O4/c1-3-25-12-23-10-14(9-21-23)22-19(24)17-8-7-15(27-17)11-26-18-13(2)5-4-6-16(18)20/h4-10H,3,11-12H2,1-2H3,(H,22,24). The molecule has 1 amide bonds. The molecular weight excluding hydrogens is 370 g/mol. The number of aryl methyl sites for hydroxylation is 1. The summed E-state index contributed by atoms with van der Waals surface area (Å²) >= 11 is 6.14. The summed E-state index contributed by atoms with van der Waals surface area (Å²) in [7, 11) is 0. The van der Waals surface area contributed by atoms with Gasteiger partial charge < -0.3 is 19.2 Å². The molecule has 0 atom stereocenters. The van der Waals surface area contributed by atoms with Gasteiger partial charge >= 0.3 is 0 Å². The van der Waals surface area contributed by atoms with Gasteiger partial charge in [0.05, 0.1) is 23.1 Å². The summed E-state index contributed by atoms with van der Waals surface area (Å²) < 4.78 is 18.1. The molecule has 0 aliphatic rings. The molecule has 0 saturated carbocycles. The van der Waals surface area contributed by atoms with E-state index in [2.05, 4.69) is 10.4 Å². The molecule has 8 heteroatoms. The second-order valence-electron chi connectivity index (χ2n) is 5.78. The summed E-state index contributed by atoms with van der Waals surface area (Å²) in [4.78, 5) is 12.3. The summed E-state index contributed by atoms with van der Waals surface area (Å²) in [5.74, 6) is 0.933. The van der Waals surface area contributed by atoms with Gasteiger partial charge in [0.15, 0.2) is 5.76 Å². The quantitative estimate of drug-likeness (QED) is 0.622. The van der Waals surface area contributed by atoms with Crippen LogP contribution in [0.15, 0.2) is 47.1 Å². The van der Waals surface area contributed by atoms with Crippen molar-refractivity contribution in [3.05, 3.63) is 64.8 Å². The van der Waals surface area contributed by atoms with Gasteiger partial charge in [-0.3, -0.25) is 4.79 Å². The molecule has 3 rings (SSSR count). The zero-order valence-corrected chi connectivity index (χ0v) is 15.8. The van der Waals surface area contributed by atoms with E-state index in [-0.39, 0.29) is 18.3 Å². The molecule has 0 bridgehead atoms. The maximum atomic E-state index is 12.3. The number of rotatable bonds is 8. The first-order valence-electron chi connectivity index (χ1n) is 8.45. The number of nitrogens with zero attached hydrogens (tertiary/aromatic N) is 2. The van der Waals surface area contributed by atoms with E-state index in [4.69, 9.17) is 25.5 Å². The van der Waals surface area contributed by atoms with Crippen molar-refractivity contribution in [2.24, 2.45) is 0 Å². The Labute approximate surface area is 161 Å². The molecule has 142 valence electrons. The third-order valence-corrected chi connectivity index (χ3v) is 4.02. The van der Waals surface area contributed by atoms with Gasteiger partial charge in [-0.05, 0) is 37.6 Å². The highest BCUT2D eigenvalue weighted by atomic mass is 35.5. The number of halogens is 1. The highest BCUT2D eigenvalue weighted by Crippen LogP contribution is 2.28. The Bertz CT molecular complexity index is 899. The van der Waals surface area contributed by atoms with E-state index in [1.165, 1.54) is 0 Å². The Morgan fingerprint density at radius 3 is 2.96 bits per heavy atom. The molecule has 7 nitrogen and oxygen atoms in total. The second-order valence-corrected chi connectivity index (χ2v) is 6.19. The van der Waals surface area contributed by atoms with E-state index >= 15 is 0 Å². The summed E-state index contributed by atoms with van der Waals surface area (Å²) in [5, 5.41) is 7.36. The van der Waals surface area contributed by atoms with E-state index in [1.807, 2.05) is 26.0 Å². The Balaban J connectivity index is 1.58. The van der Waals surface area contributed by atoms with E-state index in [0.717, 1.165) is 5.56 Å². The molecule has 27 heavy (non-hydrogen) atoms. The van der Waals surface area contributed by atoms with Crippen molar-refractivity contribution in [2.45, 2.75) is 27.2 Å². The van der Waals surface area contributed by atoms with E-state index in [9.17, 15) is 4.79 Å². The van der Waals surface area contributed by atoms with Gasteiger partial charge in [0.25, 0.3) is 5.91 Å². The number of carbonyl (C=O) groups is 1. The molecule has 0 aliphatic heterocycles. The Hall–Kier alpha value is -2.77. The minimum atomic E-state index is -0.369. The normalized spacial score (nSPS) is 10.8. The molecule has 0 fully saturated rings. The van der Waals surface area contributed by atoms with Crippen LogP contribution < -0.4 is 10.1 Å². The van der Waals surface area contributed by atoms with Crippen LogP contribution in [0.1, 0.15) is 28.8 Å². The number of hydrogen-bond acceptors (Lipinski definition) is 5. The Kier molecular flexibility index (Phi) is 6.16. The Morgan fingerprint density at radius 1 is 1.33 bits per heavy atom. The lowest BCUT2D eigenvalue weighted by Gasteiger charge is -2.09. The average Bonchev–Trinajstić information content (AvgIpc) is 3.29. The highest BCUT2D eigenvalue weighted by Gasteiger charge is 2.14. The van der Waals surface area contributed by atoms with Crippen LogP contribution in [-0.4, -0.2) is 22.3 Å². The average molecular weight is 390 g/mol. The lowest BCUT2D eigenvalue weighted by Crippen LogP contribution is -2.10. The second kappa shape index (κ2) is 8.75. The van der Waals surface area contributed by atoms with Gasteiger partial charge in [-0.1, -0.05) is 23.7 Å². The molecule has 0 unspecified atom stereocenters. The predicted molar refractivity (Wildman–Crippen MR) is 101 cm³/mol. The molecule has 0 saturated heterocycles. The molecule has 0 spiro atoms. The van der Waals surface area contributed by atoms with Crippen molar-refractivity contribution < 1.29 is 18.7 Å². The minimum absolute atomic E-state index is 0.171. The first-order chi connectivity index (χ1) is 13.1. The van der Waals surface area contributed by atoms with Crippen molar-refractivity contribution in [3.63, 3.8) is 0 Å². The largest absolute Gasteiger partial charge is 0.484 e. The van der Waals surface area contributed by atoms with Crippen molar-refractivity contribution in [2.75, 3.05) is 11.9 Å². The third-order valence-electron chi connectivity index (χ3n) is 3.73. The smallest absolute Gasteiger partial charge is 0.291 e. The lowest BCUT2D eigenvalue weighted by atomic mass is 10.2. The summed E-state index contributed by atoms with van der Waals surface area (Å²) in [6, 6.07) is 8.82. The number of aromatic nitrogens is 2. The van der Waals surface area contributed by atoms with Gasteiger partial charge in [-0.25, -0.2) is 4.68 Å². The number of ether oxygens (including phenoxy) is 2. The fraction of sp³-hybridized carbons (Fsp3) is 0.263.